The number of nitrogens with zero attached hydrogens (tertiary/aromatic N) is 1. The van der Waals surface area contributed by atoms with Crippen LogP contribution >= 0.6 is 11.6 Å². The quantitative estimate of drug-likeness (QED) is 0.903. The SMILES string of the molecule is NC1(CCc2c(Cl)ccc3cccnc23)CC1. The largest absolute Gasteiger partial charge is 0.325 e. The summed E-state index contributed by atoms with van der Waals surface area (Å²) in [6, 6.07) is 7.99. The third-order valence-electron chi connectivity index (χ3n) is 3.59. The number of hydrogen-bond acceptors (Lipinski definition) is 2. The summed E-state index contributed by atoms with van der Waals surface area (Å²) in [6.07, 6.45) is 6.02. The van der Waals surface area contributed by atoms with E-state index >= 15 is 0 Å². The van der Waals surface area contributed by atoms with Crippen LogP contribution < -0.4 is 5.73 Å². The van der Waals surface area contributed by atoms with Gasteiger partial charge in [0, 0.05) is 22.1 Å². The van der Waals surface area contributed by atoms with Crippen molar-refractivity contribution in [3.05, 3.63) is 41.0 Å². The van der Waals surface area contributed by atoms with E-state index in [9.17, 15) is 0 Å². The van der Waals surface area contributed by atoms with Gasteiger partial charge in [-0.25, -0.2) is 0 Å². The monoisotopic (exact) mass is 246 g/mol. The number of pyridine rings is 1. The maximum absolute atomic E-state index is 6.27. The molecule has 88 valence electrons. The van der Waals surface area contributed by atoms with Crippen LogP contribution in [-0.2, 0) is 6.42 Å². The predicted octanol–water partition coefficient (Wildman–Crippen LogP) is 3.31. The fraction of sp³-hybridized carbons (Fsp3) is 0.357. The first-order valence-corrected chi connectivity index (χ1v) is 6.37. The van der Waals surface area contributed by atoms with Crippen molar-refractivity contribution in [1.82, 2.24) is 4.98 Å². The molecule has 0 aliphatic heterocycles. The van der Waals surface area contributed by atoms with Crippen LogP contribution in [0.4, 0.5) is 0 Å². The molecule has 0 amide bonds. The summed E-state index contributed by atoms with van der Waals surface area (Å²) in [5.41, 5.74) is 8.35. The van der Waals surface area contributed by atoms with Crippen LogP contribution in [0.1, 0.15) is 24.8 Å². The molecule has 0 spiro atoms. The van der Waals surface area contributed by atoms with Crippen LogP contribution in [0.2, 0.25) is 5.02 Å². The van der Waals surface area contributed by atoms with Crippen molar-refractivity contribution in [2.45, 2.75) is 31.2 Å². The van der Waals surface area contributed by atoms with E-state index in [0.29, 0.717) is 0 Å². The summed E-state index contributed by atoms with van der Waals surface area (Å²) in [4.78, 5) is 4.44. The smallest absolute Gasteiger partial charge is 0.0748 e. The molecule has 1 saturated carbocycles. The molecule has 0 bridgehead atoms. The lowest BCUT2D eigenvalue weighted by molar-refractivity contribution is 0.610. The minimum Gasteiger partial charge on any atom is -0.325 e. The fourth-order valence-corrected chi connectivity index (χ4v) is 2.45. The molecule has 2 aromatic rings. The zero-order valence-corrected chi connectivity index (χ0v) is 10.4. The Kier molecular flexibility index (Phi) is 2.57. The van der Waals surface area contributed by atoms with Crippen LogP contribution in [-0.4, -0.2) is 10.5 Å². The molecular weight excluding hydrogens is 232 g/mol. The van der Waals surface area contributed by atoms with Gasteiger partial charge in [-0.3, -0.25) is 4.98 Å². The van der Waals surface area contributed by atoms with Crippen molar-refractivity contribution in [2.24, 2.45) is 5.73 Å². The van der Waals surface area contributed by atoms with Gasteiger partial charge in [-0.1, -0.05) is 23.7 Å². The first-order chi connectivity index (χ1) is 8.18. The number of halogens is 1. The maximum Gasteiger partial charge on any atom is 0.0748 e. The lowest BCUT2D eigenvalue weighted by Gasteiger charge is -2.11. The first kappa shape index (κ1) is 11.0. The second-order valence-corrected chi connectivity index (χ2v) is 5.37. The number of benzene rings is 1. The van der Waals surface area contributed by atoms with Crippen molar-refractivity contribution < 1.29 is 0 Å². The van der Waals surface area contributed by atoms with Gasteiger partial charge in [-0.2, -0.15) is 0 Å². The minimum atomic E-state index is 0.0697. The average molecular weight is 247 g/mol. The Morgan fingerprint density at radius 1 is 1.29 bits per heavy atom. The molecule has 1 aliphatic carbocycles. The molecular formula is C14H15ClN2. The Balaban J connectivity index is 1.98. The zero-order valence-electron chi connectivity index (χ0n) is 9.62. The van der Waals surface area contributed by atoms with Gasteiger partial charge in [0.25, 0.3) is 0 Å². The van der Waals surface area contributed by atoms with Crippen LogP contribution in [0.3, 0.4) is 0 Å². The highest BCUT2D eigenvalue weighted by Gasteiger charge is 2.37. The van der Waals surface area contributed by atoms with E-state index < -0.39 is 0 Å². The minimum absolute atomic E-state index is 0.0697. The van der Waals surface area contributed by atoms with Gasteiger partial charge >= 0.3 is 0 Å². The summed E-state index contributed by atoms with van der Waals surface area (Å²) >= 11 is 6.27. The molecule has 0 radical (unpaired) electrons. The van der Waals surface area contributed by atoms with E-state index in [-0.39, 0.29) is 5.54 Å². The number of fused-ring (bicyclic) bond motifs is 1. The van der Waals surface area contributed by atoms with Crippen molar-refractivity contribution >= 4 is 22.5 Å². The van der Waals surface area contributed by atoms with E-state index in [0.717, 1.165) is 47.2 Å². The van der Waals surface area contributed by atoms with Crippen molar-refractivity contribution in [2.75, 3.05) is 0 Å². The highest BCUT2D eigenvalue weighted by molar-refractivity contribution is 6.32. The Bertz CT molecular complexity index is 561. The molecule has 3 heteroatoms. The van der Waals surface area contributed by atoms with Crippen molar-refractivity contribution in [1.29, 1.82) is 0 Å². The second kappa shape index (κ2) is 3.97. The van der Waals surface area contributed by atoms with Crippen LogP contribution in [0.15, 0.2) is 30.5 Å². The van der Waals surface area contributed by atoms with Crippen molar-refractivity contribution in [3.63, 3.8) is 0 Å². The number of aromatic nitrogens is 1. The standard InChI is InChI=1S/C14H15ClN2/c15-12-4-3-10-2-1-9-17-13(10)11(12)5-6-14(16)7-8-14/h1-4,9H,5-8,16H2. The summed E-state index contributed by atoms with van der Waals surface area (Å²) in [7, 11) is 0. The zero-order chi connectivity index (χ0) is 11.9. The van der Waals surface area contributed by atoms with Gasteiger partial charge in [-0.15, -0.1) is 0 Å². The van der Waals surface area contributed by atoms with E-state index in [1.165, 1.54) is 0 Å². The van der Waals surface area contributed by atoms with E-state index in [4.69, 9.17) is 17.3 Å². The first-order valence-electron chi connectivity index (χ1n) is 5.99. The predicted molar refractivity (Wildman–Crippen MR) is 71.2 cm³/mol. The maximum atomic E-state index is 6.27. The summed E-state index contributed by atoms with van der Waals surface area (Å²) < 4.78 is 0. The van der Waals surface area contributed by atoms with Gasteiger partial charge in [0.05, 0.1) is 5.52 Å². The molecule has 1 fully saturated rings. The van der Waals surface area contributed by atoms with Crippen molar-refractivity contribution in [3.8, 4) is 0 Å². The van der Waals surface area contributed by atoms with Gasteiger partial charge in [-0.05, 0) is 43.4 Å². The molecule has 0 atom stereocenters. The Hall–Kier alpha value is -1.12. The number of rotatable bonds is 3. The van der Waals surface area contributed by atoms with Gasteiger partial charge in [0.15, 0.2) is 0 Å². The van der Waals surface area contributed by atoms with Gasteiger partial charge < -0.3 is 5.73 Å². The molecule has 1 heterocycles. The van der Waals surface area contributed by atoms with E-state index in [1.54, 1.807) is 0 Å². The Morgan fingerprint density at radius 3 is 2.88 bits per heavy atom. The molecule has 1 aromatic carbocycles. The fourth-order valence-electron chi connectivity index (χ4n) is 2.20. The number of hydrogen-bond donors (Lipinski definition) is 1. The molecule has 0 saturated heterocycles. The van der Waals surface area contributed by atoms with Crippen LogP contribution in [0.5, 0.6) is 0 Å². The lowest BCUT2D eigenvalue weighted by Crippen LogP contribution is -2.22. The van der Waals surface area contributed by atoms with Crippen LogP contribution in [0.25, 0.3) is 10.9 Å². The molecule has 3 rings (SSSR count). The molecule has 17 heavy (non-hydrogen) atoms. The highest BCUT2D eigenvalue weighted by Crippen LogP contribution is 2.38. The molecule has 1 aliphatic rings. The normalized spacial score (nSPS) is 17.3. The average Bonchev–Trinajstić information content (AvgIpc) is 3.06. The van der Waals surface area contributed by atoms with Gasteiger partial charge in [0.1, 0.15) is 0 Å². The Labute approximate surface area is 106 Å². The topological polar surface area (TPSA) is 38.9 Å². The van der Waals surface area contributed by atoms with E-state index in [1.807, 2.05) is 24.4 Å². The number of nitrogens with two attached hydrogens (primary N) is 1. The Morgan fingerprint density at radius 2 is 2.12 bits per heavy atom. The summed E-state index contributed by atoms with van der Waals surface area (Å²) in [5, 5.41) is 1.95. The summed E-state index contributed by atoms with van der Waals surface area (Å²) in [5.74, 6) is 0. The highest BCUT2D eigenvalue weighted by atomic mass is 35.5. The second-order valence-electron chi connectivity index (χ2n) is 4.96. The van der Waals surface area contributed by atoms with E-state index in [2.05, 4.69) is 11.1 Å². The molecule has 2 nitrogen and oxygen atoms in total. The van der Waals surface area contributed by atoms with Gasteiger partial charge in [0.2, 0.25) is 0 Å². The van der Waals surface area contributed by atoms with Crippen LogP contribution in [0, 0.1) is 0 Å². The lowest BCUT2D eigenvalue weighted by atomic mass is 10.0. The third kappa shape index (κ3) is 2.15. The molecule has 0 unspecified atom stereocenters. The summed E-state index contributed by atoms with van der Waals surface area (Å²) in [6.45, 7) is 0. The molecule has 1 aromatic heterocycles. The molecule has 2 N–H and O–H groups in total. The number of aryl methyl sites for hydroxylation is 1. The third-order valence-corrected chi connectivity index (χ3v) is 3.94.